The van der Waals surface area contributed by atoms with E-state index in [-0.39, 0.29) is 0 Å². The van der Waals surface area contributed by atoms with Crippen LogP contribution in [0.2, 0.25) is 0 Å². The maximum Gasteiger partial charge on any atom is 0.0923 e. The first-order valence-corrected chi connectivity index (χ1v) is 5.77. The lowest BCUT2D eigenvalue weighted by atomic mass is 10.2. The first kappa shape index (κ1) is 10.7. The van der Waals surface area contributed by atoms with E-state index in [0.717, 1.165) is 17.0 Å². The van der Waals surface area contributed by atoms with E-state index < -0.39 is 0 Å². The van der Waals surface area contributed by atoms with Gasteiger partial charge in [0.25, 0.3) is 0 Å². The van der Waals surface area contributed by atoms with E-state index >= 15 is 0 Å². The molecule has 0 fully saturated rings. The van der Waals surface area contributed by atoms with Crippen molar-refractivity contribution in [1.29, 1.82) is 0 Å². The van der Waals surface area contributed by atoms with Crippen molar-refractivity contribution in [3.8, 4) is 11.3 Å². The molecule has 0 radical (unpaired) electrons. The smallest absolute Gasteiger partial charge is 0.0923 e. The molecule has 0 unspecified atom stereocenters. The Kier molecular flexibility index (Phi) is 2.84. The minimum Gasteiger partial charge on any atom is -0.266 e. The monoisotopic (exact) mass is 236 g/mol. The van der Waals surface area contributed by atoms with Crippen LogP contribution in [0.3, 0.4) is 0 Å². The molecule has 0 aliphatic heterocycles. The van der Waals surface area contributed by atoms with Gasteiger partial charge in [0.15, 0.2) is 0 Å². The molecule has 18 heavy (non-hydrogen) atoms. The fourth-order valence-corrected chi connectivity index (χ4v) is 1.80. The van der Waals surface area contributed by atoms with Crippen molar-refractivity contribution < 1.29 is 0 Å². The lowest BCUT2D eigenvalue weighted by Crippen LogP contribution is -2.02. The molecule has 0 amide bonds. The van der Waals surface area contributed by atoms with Gasteiger partial charge in [-0.1, -0.05) is 30.3 Å². The molecule has 2 aromatic heterocycles. The zero-order valence-electron chi connectivity index (χ0n) is 9.77. The van der Waals surface area contributed by atoms with Crippen molar-refractivity contribution in [3.63, 3.8) is 0 Å². The second-order valence-electron chi connectivity index (χ2n) is 3.98. The van der Waals surface area contributed by atoms with E-state index in [2.05, 4.69) is 27.4 Å². The van der Waals surface area contributed by atoms with E-state index in [4.69, 9.17) is 0 Å². The van der Waals surface area contributed by atoms with Gasteiger partial charge in [-0.05, 0) is 18.2 Å². The Bertz CT molecular complexity index is 617. The standard InChI is InChI=1S/C14H12N4/c1-2-5-12(6-3-1)14-8-10-18(17-14)11-13-7-4-9-15-16-13/h1-10H,11H2. The van der Waals surface area contributed by atoms with Crippen LogP contribution >= 0.6 is 0 Å². The van der Waals surface area contributed by atoms with E-state index in [0.29, 0.717) is 6.54 Å². The Labute approximate surface area is 105 Å². The fourth-order valence-electron chi connectivity index (χ4n) is 1.80. The molecular weight excluding hydrogens is 224 g/mol. The van der Waals surface area contributed by atoms with Gasteiger partial charge in [-0.25, -0.2) is 0 Å². The summed E-state index contributed by atoms with van der Waals surface area (Å²) in [5, 5.41) is 12.4. The Morgan fingerprint density at radius 3 is 2.61 bits per heavy atom. The topological polar surface area (TPSA) is 43.6 Å². The van der Waals surface area contributed by atoms with Gasteiger partial charge >= 0.3 is 0 Å². The number of nitrogens with zero attached hydrogens (tertiary/aromatic N) is 4. The van der Waals surface area contributed by atoms with Gasteiger partial charge in [0.1, 0.15) is 0 Å². The zero-order valence-corrected chi connectivity index (χ0v) is 9.77. The van der Waals surface area contributed by atoms with Crippen LogP contribution in [0, 0.1) is 0 Å². The van der Waals surface area contributed by atoms with E-state index in [1.807, 2.05) is 47.3 Å². The summed E-state index contributed by atoms with van der Waals surface area (Å²) in [5.41, 5.74) is 3.00. The van der Waals surface area contributed by atoms with Gasteiger partial charge in [-0.3, -0.25) is 4.68 Å². The Morgan fingerprint density at radius 2 is 1.83 bits per heavy atom. The third-order valence-electron chi connectivity index (χ3n) is 2.66. The second-order valence-corrected chi connectivity index (χ2v) is 3.98. The summed E-state index contributed by atoms with van der Waals surface area (Å²) in [7, 11) is 0. The van der Waals surface area contributed by atoms with Crippen LogP contribution in [-0.4, -0.2) is 20.0 Å². The minimum absolute atomic E-state index is 0.640. The van der Waals surface area contributed by atoms with Gasteiger partial charge in [-0.2, -0.15) is 15.3 Å². The van der Waals surface area contributed by atoms with E-state index in [1.54, 1.807) is 6.20 Å². The van der Waals surface area contributed by atoms with Crippen molar-refractivity contribution in [2.24, 2.45) is 0 Å². The number of benzene rings is 1. The Morgan fingerprint density at radius 1 is 0.944 bits per heavy atom. The molecule has 0 aliphatic carbocycles. The molecule has 0 spiro atoms. The highest BCUT2D eigenvalue weighted by atomic mass is 15.3. The predicted octanol–water partition coefficient (Wildman–Crippen LogP) is 2.39. The number of rotatable bonds is 3. The average molecular weight is 236 g/mol. The Hall–Kier alpha value is -2.49. The van der Waals surface area contributed by atoms with Crippen LogP contribution in [0.5, 0.6) is 0 Å². The molecule has 3 aromatic rings. The van der Waals surface area contributed by atoms with Crippen LogP contribution in [0.1, 0.15) is 5.69 Å². The lowest BCUT2D eigenvalue weighted by Gasteiger charge is -1.99. The van der Waals surface area contributed by atoms with Gasteiger partial charge < -0.3 is 0 Å². The maximum absolute atomic E-state index is 4.52. The molecule has 0 bridgehead atoms. The summed E-state index contributed by atoms with van der Waals surface area (Å²) in [6.45, 7) is 0.640. The largest absolute Gasteiger partial charge is 0.266 e. The summed E-state index contributed by atoms with van der Waals surface area (Å²) in [6.07, 6.45) is 3.62. The molecule has 3 rings (SSSR count). The third kappa shape index (κ3) is 2.27. The quantitative estimate of drug-likeness (QED) is 0.701. The van der Waals surface area contributed by atoms with Crippen LogP contribution < -0.4 is 0 Å². The maximum atomic E-state index is 4.52. The minimum atomic E-state index is 0.640. The summed E-state index contributed by atoms with van der Waals surface area (Å²) in [6, 6.07) is 15.9. The molecule has 0 saturated heterocycles. The highest BCUT2D eigenvalue weighted by Crippen LogP contribution is 2.15. The molecule has 4 nitrogen and oxygen atoms in total. The summed E-state index contributed by atoms with van der Waals surface area (Å²) >= 11 is 0. The van der Waals surface area contributed by atoms with Crippen molar-refractivity contribution in [3.05, 3.63) is 66.6 Å². The van der Waals surface area contributed by atoms with Gasteiger partial charge in [0.05, 0.1) is 17.9 Å². The molecule has 0 N–H and O–H groups in total. The molecule has 0 aliphatic rings. The number of hydrogen-bond donors (Lipinski definition) is 0. The van der Waals surface area contributed by atoms with Crippen LogP contribution in [0.25, 0.3) is 11.3 Å². The Balaban J connectivity index is 1.82. The highest BCUT2D eigenvalue weighted by Gasteiger charge is 2.02. The van der Waals surface area contributed by atoms with Crippen molar-refractivity contribution in [1.82, 2.24) is 20.0 Å². The molecular formula is C14H12N4. The van der Waals surface area contributed by atoms with E-state index in [9.17, 15) is 0 Å². The van der Waals surface area contributed by atoms with Crippen LogP contribution in [0.15, 0.2) is 60.9 Å². The second kappa shape index (κ2) is 4.79. The molecule has 88 valence electrons. The van der Waals surface area contributed by atoms with E-state index in [1.165, 1.54) is 0 Å². The van der Waals surface area contributed by atoms with Crippen LogP contribution in [0.4, 0.5) is 0 Å². The summed E-state index contributed by atoms with van der Waals surface area (Å²) < 4.78 is 1.87. The third-order valence-corrected chi connectivity index (χ3v) is 2.66. The number of aromatic nitrogens is 4. The SMILES string of the molecule is c1ccc(-c2ccn(Cc3cccnn3)n2)cc1. The summed E-state index contributed by atoms with van der Waals surface area (Å²) in [5.74, 6) is 0. The van der Waals surface area contributed by atoms with Crippen molar-refractivity contribution in [2.45, 2.75) is 6.54 Å². The molecule has 1 aromatic carbocycles. The lowest BCUT2D eigenvalue weighted by molar-refractivity contribution is 0.665. The summed E-state index contributed by atoms with van der Waals surface area (Å²) in [4.78, 5) is 0. The first-order chi connectivity index (χ1) is 8.92. The van der Waals surface area contributed by atoms with Gasteiger partial charge in [-0.15, -0.1) is 0 Å². The predicted molar refractivity (Wildman–Crippen MR) is 68.8 cm³/mol. The van der Waals surface area contributed by atoms with Crippen LogP contribution in [-0.2, 0) is 6.54 Å². The molecule has 0 saturated carbocycles. The van der Waals surface area contributed by atoms with Crippen molar-refractivity contribution in [2.75, 3.05) is 0 Å². The van der Waals surface area contributed by atoms with Gasteiger partial charge in [0.2, 0.25) is 0 Å². The highest BCUT2D eigenvalue weighted by molar-refractivity contribution is 5.57. The normalized spacial score (nSPS) is 10.4. The molecule has 4 heteroatoms. The first-order valence-electron chi connectivity index (χ1n) is 5.77. The average Bonchev–Trinajstić information content (AvgIpc) is 2.89. The molecule has 0 atom stereocenters. The molecule has 2 heterocycles. The van der Waals surface area contributed by atoms with Gasteiger partial charge in [0, 0.05) is 18.0 Å². The zero-order chi connectivity index (χ0) is 12.2. The fraction of sp³-hybridized carbons (Fsp3) is 0.0714. The number of hydrogen-bond acceptors (Lipinski definition) is 3. The van der Waals surface area contributed by atoms with Crippen molar-refractivity contribution >= 4 is 0 Å².